The highest BCUT2D eigenvalue weighted by Gasteiger charge is 2.22. The Bertz CT molecular complexity index is 857. The highest BCUT2D eigenvalue weighted by Crippen LogP contribution is 2.24. The van der Waals surface area contributed by atoms with Crippen LogP contribution in [0.1, 0.15) is 28.9 Å². The van der Waals surface area contributed by atoms with Gasteiger partial charge in [-0.2, -0.15) is 0 Å². The lowest BCUT2D eigenvalue weighted by Gasteiger charge is -2.37. The number of aromatic nitrogens is 2. The van der Waals surface area contributed by atoms with Crippen LogP contribution < -0.4 is 10.6 Å². The first-order valence-electron chi connectivity index (χ1n) is 9.23. The van der Waals surface area contributed by atoms with Crippen LogP contribution in [0.4, 0.5) is 5.69 Å². The second kappa shape index (κ2) is 7.40. The molecule has 3 rings (SSSR count). The van der Waals surface area contributed by atoms with Gasteiger partial charge in [0.15, 0.2) is 0 Å². The lowest BCUT2D eigenvalue weighted by atomic mass is 10.1. The summed E-state index contributed by atoms with van der Waals surface area (Å²) in [6.45, 7) is 11.6. The van der Waals surface area contributed by atoms with Gasteiger partial charge in [-0.05, 0) is 44.9 Å². The fourth-order valence-electron chi connectivity index (χ4n) is 3.58. The molecule has 0 spiro atoms. The van der Waals surface area contributed by atoms with Crippen molar-refractivity contribution >= 4 is 11.6 Å². The molecule has 0 bridgehead atoms. The van der Waals surface area contributed by atoms with Gasteiger partial charge in [0.05, 0.1) is 0 Å². The summed E-state index contributed by atoms with van der Waals surface area (Å²) in [5.74, 6) is 0.121. The van der Waals surface area contributed by atoms with Gasteiger partial charge in [0, 0.05) is 56.2 Å². The van der Waals surface area contributed by atoms with Crippen molar-refractivity contribution in [3.63, 3.8) is 0 Å². The Morgan fingerprint density at radius 3 is 2.38 bits per heavy atom. The average Bonchev–Trinajstić information content (AvgIpc) is 2.87. The Balaban J connectivity index is 1.57. The molecule has 1 fully saturated rings. The molecule has 140 valence electrons. The quantitative estimate of drug-likeness (QED) is 0.913. The minimum Gasteiger partial charge on any atom is -0.368 e. The summed E-state index contributed by atoms with van der Waals surface area (Å²) in [7, 11) is 0. The molecule has 6 nitrogen and oxygen atoms in total. The zero-order chi connectivity index (χ0) is 18.8. The van der Waals surface area contributed by atoms with Crippen molar-refractivity contribution in [1.29, 1.82) is 0 Å². The Kier molecular flexibility index (Phi) is 5.20. The maximum Gasteiger partial charge on any atom is 0.325 e. The summed E-state index contributed by atoms with van der Waals surface area (Å²) >= 11 is 0. The maximum atomic E-state index is 12.5. The third kappa shape index (κ3) is 3.54. The van der Waals surface area contributed by atoms with Crippen LogP contribution in [-0.4, -0.2) is 46.5 Å². The molecule has 1 aromatic carbocycles. The van der Waals surface area contributed by atoms with Crippen LogP contribution in [0.25, 0.3) is 0 Å². The summed E-state index contributed by atoms with van der Waals surface area (Å²) in [6.07, 6.45) is 0.363. The summed E-state index contributed by atoms with van der Waals surface area (Å²) in [6, 6.07) is 6.38. The van der Waals surface area contributed by atoms with E-state index in [4.69, 9.17) is 0 Å². The van der Waals surface area contributed by atoms with Crippen LogP contribution in [0.2, 0.25) is 0 Å². The predicted octanol–water partition coefficient (Wildman–Crippen LogP) is 2.15. The van der Waals surface area contributed by atoms with Gasteiger partial charge < -0.3 is 14.8 Å². The molecule has 0 atom stereocenters. The molecule has 1 aliphatic heterocycles. The number of anilines is 1. The van der Waals surface area contributed by atoms with Gasteiger partial charge in [0.25, 0.3) is 0 Å². The van der Waals surface area contributed by atoms with E-state index in [1.807, 2.05) is 18.7 Å². The van der Waals surface area contributed by atoms with E-state index < -0.39 is 0 Å². The molecular weight excluding hydrogens is 328 g/mol. The van der Waals surface area contributed by atoms with Crippen LogP contribution in [-0.2, 0) is 11.3 Å². The Hall–Kier alpha value is -2.50. The van der Waals surface area contributed by atoms with Gasteiger partial charge in [-0.3, -0.25) is 9.36 Å². The third-order valence-electron chi connectivity index (χ3n) is 5.59. The number of piperazine rings is 1. The number of carbonyl (C=O) groups excluding carboxylic acids is 1. The number of aromatic amines is 1. The highest BCUT2D eigenvalue weighted by atomic mass is 16.2. The molecule has 2 heterocycles. The first-order valence-corrected chi connectivity index (χ1v) is 9.23. The Labute approximate surface area is 154 Å². The van der Waals surface area contributed by atoms with E-state index in [9.17, 15) is 9.59 Å². The predicted molar refractivity (Wildman–Crippen MR) is 104 cm³/mol. The number of H-pyrrole nitrogens is 1. The van der Waals surface area contributed by atoms with Crippen molar-refractivity contribution in [3.05, 3.63) is 51.2 Å². The van der Waals surface area contributed by atoms with Gasteiger partial charge in [-0.15, -0.1) is 0 Å². The lowest BCUT2D eigenvalue weighted by Crippen LogP contribution is -2.49. The molecule has 1 saturated heterocycles. The number of aryl methyl sites for hydroxylation is 2. The molecule has 1 N–H and O–H groups in total. The zero-order valence-electron chi connectivity index (χ0n) is 16.1. The lowest BCUT2D eigenvalue weighted by molar-refractivity contribution is -0.131. The number of amides is 1. The second-order valence-electron chi connectivity index (χ2n) is 7.13. The molecule has 26 heavy (non-hydrogen) atoms. The number of imidazole rings is 1. The first-order chi connectivity index (χ1) is 12.4. The molecule has 0 unspecified atom stereocenters. The standard InChI is InChI=1S/C20H28N4O2/c1-14-6-5-7-18(15(14)2)22-10-12-23(13-11-22)19(25)8-9-24-17(4)16(3)21-20(24)26/h5-7H,8-13H2,1-4H3,(H,21,26). The van der Waals surface area contributed by atoms with Crippen LogP contribution in [0.5, 0.6) is 0 Å². The zero-order valence-corrected chi connectivity index (χ0v) is 16.1. The van der Waals surface area contributed by atoms with Gasteiger partial charge in [0.2, 0.25) is 5.91 Å². The van der Waals surface area contributed by atoms with Gasteiger partial charge >= 0.3 is 5.69 Å². The second-order valence-corrected chi connectivity index (χ2v) is 7.13. The molecule has 0 aliphatic carbocycles. The molecule has 1 amide bonds. The van der Waals surface area contributed by atoms with E-state index in [0.717, 1.165) is 37.6 Å². The third-order valence-corrected chi connectivity index (χ3v) is 5.59. The maximum absolute atomic E-state index is 12.5. The van der Waals surface area contributed by atoms with Crippen molar-refractivity contribution in [2.45, 2.75) is 40.7 Å². The van der Waals surface area contributed by atoms with E-state index in [1.165, 1.54) is 16.8 Å². The first kappa shape index (κ1) is 18.3. The number of hydrogen-bond donors (Lipinski definition) is 1. The molecular formula is C20H28N4O2. The largest absolute Gasteiger partial charge is 0.368 e. The van der Waals surface area contributed by atoms with Crippen LogP contribution in [0, 0.1) is 27.7 Å². The van der Waals surface area contributed by atoms with Crippen LogP contribution >= 0.6 is 0 Å². The number of benzene rings is 1. The van der Waals surface area contributed by atoms with Crippen LogP contribution in [0.3, 0.4) is 0 Å². The molecule has 0 radical (unpaired) electrons. The minimum absolute atomic E-state index is 0.121. The number of nitrogens with zero attached hydrogens (tertiary/aromatic N) is 3. The molecule has 1 aliphatic rings. The molecule has 0 saturated carbocycles. The van der Waals surface area contributed by atoms with E-state index in [2.05, 4.69) is 41.9 Å². The van der Waals surface area contributed by atoms with E-state index >= 15 is 0 Å². The smallest absolute Gasteiger partial charge is 0.325 e. The SMILES string of the molecule is Cc1cccc(N2CCN(C(=O)CCn3c(C)c(C)[nH]c3=O)CC2)c1C. The van der Waals surface area contributed by atoms with Crippen molar-refractivity contribution in [2.24, 2.45) is 0 Å². The number of carbonyl (C=O) groups is 1. The van der Waals surface area contributed by atoms with Crippen molar-refractivity contribution in [3.8, 4) is 0 Å². The Morgan fingerprint density at radius 1 is 1.08 bits per heavy atom. The topological polar surface area (TPSA) is 61.3 Å². The van der Waals surface area contributed by atoms with Crippen molar-refractivity contribution in [2.75, 3.05) is 31.1 Å². The van der Waals surface area contributed by atoms with Crippen LogP contribution in [0.15, 0.2) is 23.0 Å². The average molecular weight is 356 g/mol. The monoisotopic (exact) mass is 356 g/mol. The number of rotatable bonds is 4. The summed E-state index contributed by atoms with van der Waals surface area (Å²) in [5.41, 5.74) is 5.51. The number of hydrogen-bond acceptors (Lipinski definition) is 3. The van der Waals surface area contributed by atoms with E-state index in [1.54, 1.807) is 4.57 Å². The van der Waals surface area contributed by atoms with Gasteiger partial charge in [-0.1, -0.05) is 12.1 Å². The van der Waals surface area contributed by atoms with E-state index in [0.29, 0.717) is 13.0 Å². The van der Waals surface area contributed by atoms with Crippen molar-refractivity contribution in [1.82, 2.24) is 14.5 Å². The highest BCUT2D eigenvalue weighted by molar-refractivity contribution is 5.76. The molecule has 6 heteroatoms. The minimum atomic E-state index is -0.132. The molecule has 1 aromatic heterocycles. The van der Waals surface area contributed by atoms with E-state index in [-0.39, 0.29) is 11.6 Å². The normalized spacial score (nSPS) is 14.8. The fraction of sp³-hybridized carbons (Fsp3) is 0.500. The summed E-state index contributed by atoms with van der Waals surface area (Å²) < 4.78 is 1.65. The molecule has 2 aromatic rings. The Morgan fingerprint density at radius 2 is 1.77 bits per heavy atom. The van der Waals surface area contributed by atoms with Gasteiger partial charge in [-0.25, -0.2) is 4.79 Å². The summed E-state index contributed by atoms with van der Waals surface area (Å²) in [5, 5.41) is 0. The van der Waals surface area contributed by atoms with Crippen molar-refractivity contribution < 1.29 is 4.79 Å². The van der Waals surface area contributed by atoms with Gasteiger partial charge in [0.1, 0.15) is 0 Å². The summed E-state index contributed by atoms with van der Waals surface area (Å²) in [4.78, 5) is 31.5. The fourth-order valence-corrected chi connectivity index (χ4v) is 3.58. The number of nitrogens with one attached hydrogen (secondary N) is 1.